The minimum Gasteiger partial charge on any atom is -0.488 e. The molecule has 0 bridgehead atoms. The van der Waals surface area contributed by atoms with Crippen molar-refractivity contribution in [3.8, 4) is 0 Å². The highest BCUT2D eigenvalue weighted by atomic mass is 16.5. The predicted molar refractivity (Wildman–Crippen MR) is 29.6 cm³/mol. The first-order chi connectivity index (χ1) is 3.93. The minimum atomic E-state index is -0.0582. The van der Waals surface area contributed by atoms with Gasteiger partial charge in [-0.05, 0) is 0 Å². The maximum absolute atomic E-state index is 8.42. The van der Waals surface area contributed by atoms with Crippen molar-refractivity contribution in [3.63, 3.8) is 0 Å². The van der Waals surface area contributed by atoms with Gasteiger partial charge in [0.15, 0.2) is 0 Å². The van der Waals surface area contributed by atoms with Crippen molar-refractivity contribution in [2.45, 2.75) is 0 Å². The quantitative estimate of drug-likeness (QED) is 0.516. The summed E-state index contributed by atoms with van der Waals surface area (Å²) in [6, 6.07) is 0. The fourth-order valence-corrected chi connectivity index (χ4v) is 0.447. The highest BCUT2D eigenvalue weighted by Crippen LogP contribution is 1.98. The summed E-state index contributed by atoms with van der Waals surface area (Å²) in [5, 5.41) is 8.42. The lowest BCUT2D eigenvalue weighted by Crippen LogP contribution is -2.03. The maximum Gasteiger partial charge on any atom is 0.140 e. The van der Waals surface area contributed by atoms with Gasteiger partial charge in [0.1, 0.15) is 19.0 Å². The average molecular weight is 113 g/mol. The Labute approximate surface area is 47.3 Å². The molecule has 1 N–H and O–H groups in total. The Morgan fingerprint density at radius 2 is 2.75 bits per heavy atom. The molecule has 0 unspecified atom stereocenters. The van der Waals surface area contributed by atoms with E-state index in [2.05, 4.69) is 4.99 Å². The molecule has 3 nitrogen and oxygen atoms in total. The van der Waals surface area contributed by atoms with Crippen LogP contribution < -0.4 is 0 Å². The number of rotatable bonds is 1. The molecule has 0 fully saturated rings. The predicted octanol–water partition coefficient (Wildman–Crippen LogP) is -0.0789. The van der Waals surface area contributed by atoms with Gasteiger partial charge in [0, 0.05) is 6.21 Å². The van der Waals surface area contributed by atoms with E-state index in [0.29, 0.717) is 12.4 Å². The Bertz CT molecular complexity index is 128. The number of aliphatic hydroxyl groups excluding tert-OH is 1. The van der Waals surface area contributed by atoms with E-state index in [1.807, 2.05) is 0 Å². The normalized spacial score (nSPS) is 17.4. The zero-order valence-corrected chi connectivity index (χ0v) is 4.37. The fourth-order valence-electron chi connectivity index (χ4n) is 0.447. The minimum absolute atomic E-state index is 0.0582. The Hall–Kier alpha value is -0.830. The van der Waals surface area contributed by atoms with Crippen molar-refractivity contribution >= 4 is 6.21 Å². The molecule has 1 rings (SSSR count). The van der Waals surface area contributed by atoms with Gasteiger partial charge in [-0.3, -0.25) is 4.99 Å². The van der Waals surface area contributed by atoms with Crippen molar-refractivity contribution in [3.05, 3.63) is 12.0 Å². The van der Waals surface area contributed by atoms with Gasteiger partial charge >= 0.3 is 0 Å². The summed E-state index contributed by atoms with van der Waals surface area (Å²) < 4.78 is 4.89. The van der Waals surface area contributed by atoms with Gasteiger partial charge < -0.3 is 9.84 Å². The van der Waals surface area contributed by atoms with Crippen LogP contribution in [0.3, 0.4) is 0 Å². The van der Waals surface area contributed by atoms with Gasteiger partial charge in [0.25, 0.3) is 0 Å². The number of nitrogens with zero attached hydrogens (tertiary/aromatic N) is 1. The molecule has 0 aromatic heterocycles. The SMILES string of the molecule is OCC1=CN=CCO1. The van der Waals surface area contributed by atoms with Gasteiger partial charge in [0.2, 0.25) is 0 Å². The molecular formula is C5H7NO2. The fraction of sp³-hybridized carbons (Fsp3) is 0.400. The van der Waals surface area contributed by atoms with Crippen LogP contribution in [0.4, 0.5) is 0 Å². The lowest BCUT2D eigenvalue weighted by Gasteiger charge is -2.05. The van der Waals surface area contributed by atoms with Crippen LogP contribution in [0.2, 0.25) is 0 Å². The van der Waals surface area contributed by atoms with Gasteiger partial charge in [-0.15, -0.1) is 0 Å². The lowest BCUT2D eigenvalue weighted by atomic mass is 10.5. The molecule has 44 valence electrons. The van der Waals surface area contributed by atoms with Gasteiger partial charge in [-0.1, -0.05) is 0 Å². The van der Waals surface area contributed by atoms with Crippen LogP contribution in [-0.4, -0.2) is 24.5 Å². The summed E-state index contributed by atoms with van der Waals surface area (Å²) in [4.78, 5) is 3.76. The summed E-state index contributed by atoms with van der Waals surface area (Å²) in [6.07, 6.45) is 3.14. The van der Waals surface area contributed by atoms with Crippen molar-refractivity contribution < 1.29 is 9.84 Å². The molecule has 1 aliphatic rings. The van der Waals surface area contributed by atoms with Crippen molar-refractivity contribution in [1.29, 1.82) is 0 Å². The molecule has 0 atom stereocenters. The maximum atomic E-state index is 8.42. The first kappa shape index (κ1) is 5.31. The summed E-state index contributed by atoms with van der Waals surface area (Å²) in [6.45, 7) is 0.420. The lowest BCUT2D eigenvalue weighted by molar-refractivity contribution is 0.187. The summed E-state index contributed by atoms with van der Waals surface area (Å²) in [5.41, 5.74) is 0. The molecular weight excluding hydrogens is 106 g/mol. The second-order valence-corrected chi connectivity index (χ2v) is 1.40. The number of aliphatic hydroxyl groups is 1. The van der Waals surface area contributed by atoms with E-state index < -0.39 is 0 Å². The second kappa shape index (κ2) is 2.47. The number of hydrogen-bond donors (Lipinski definition) is 1. The highest BCUT2D eigenvalue weighted by molar-refractivity contribution is 5.60. The van der Waals surface area contributed by atoms with Crippen molar-refractivity contribution in [1.82, 2.24) is 0 Å². The first-order valence-electron chi connectivity index (χ1n) is 2.38. The Balaban J connectivity index is 2.50. The zero-order valence-electron chi connectivity index (χ0n) is 4.37. The number of ether oxygens (including phenoxy) is 1. The van der Waals surface area contributed by atoms with Crippen LogP contribution in [0, 0.1) is 0 Å². The van der Waals surface area contributed by atoms with E-state index in [1.54, 1.807) is 6.21 Å². The van der Waals surface area contributed by atoms with E-state index in [9.17, 15) is 0 Å². The van der Waals surface area contributed by atoms with E-state index in [4.69, 9.17) is 9.84 Å². The summed E-state index contributed by atoms with van der Waals surface area (Å²) >= 11 is 0. The van der Waals surface area contributed by atoms with Crippen LogP contribution >= 0.6 is 0 Å². The monoisotopic (exact) mass is 113 g/mol. The Morgan fingerprint density at radius 1 is 1.88 bits per heavy atom. The van der Waals surface area contributed by atoms with E-state index in [0.717, 1.165) is 0 Å². The van der Waals surface area contributed by atoms with E-state index in [1.165, 1.54) is 6.20 Å². The third kappa shape index (κ3) is 1.07. The second-order valence-electron chi connectivity index (χ2n) is 1.40. The summed E-state index contributed by atoms with van der Waals surface area (Å²) in [5.74, 6) is 0.535. The standard InChI is InChI=1S/C5H7NO2/c7-4-5-3-6-1-2-8-5/h1,3,7H,2,4H2. The molecule has 3 heteroatoms. The van der Waals surface area contributed by atoms with E-state index in [-0.39, 0.29) is 6.61 Å². The van der Waals surface area contributed by atoms with Crippen molar-refractivity contribution in [2.75, 3.05) is 13.2 Å². The van der Waals surface area contributed by atoms with Crippen LogP contribution in [0.1, 0.15) is 0 Å². The Kier molecular flexibility index (Phi) is 1.64. The van der Waals surface area contributed by atoms with Gasteiger partial charge in [-0.25, -0.2) is 0 Å². The van der Waals surface area contributed by atoms with Gasteiger partial charge in [-0.2, -0.15) is 0 Å². The van der Waals surface area contributed by atoms with Crippen molar-refractivity contribution in [2.24, 2.45) is 4.99 Å². The molecule has 0 saturated heterocycles. The molecule has 0 aromatic rings. The first-order valence-corrected chi connectivity index (χ1v) is 2.38. The van der Waals surface area contributed by atoms with Gasteiger partial charge in [0.05, 0.1) is 6.20 Å². The molecule has 0 spiro atoms. The van der Waals surface area contributed by atoms with E-state index >= 15 is 0 Å². The molecule has 8 heavy (non-hydrogen) atoms. The number of hydrogen-bond acceptors (Lipinski definition) is 3. The zero-order chi connectivity index (χ0) is 5.82. The van der Waals surface area contributed by atoms with Crippen LogP contribution in [-0.2, 0) is 4.74 Å². The Morgan fingerprint density at radius 3 is 3.12 bits per heavy atom. The molecule has 1 heterocycles. The van der Waals surface area contributed by atoms with Crippen LogP contribution in [0.15, 0.2) is 17.0 Å². The molecule has 0 aliphatic carbocycles. The molecule has 0 radical (unpaired) electrons. The smallest absolute Gasteiger partial charge is 0.140 e. The molecule has 0 aromatic carbocycles. The average Bonchev–Trinajstić information content (AvgIpc) is 1.90. The van der Waals surface area contributed by atoms with Crippen LogP contribution in [0.5, 0.6) is 0 Å². The largest absolute Gasteiger partial charge is 0.488 e. The topological polar surface area (TPSA) is 41.8 Å². The molecule has 1 aliphatic heterocycles. The third-order valence-electron chi connectivity index (χ3n) is 0.823. The summed E-state index contributed by atoms with van der Waals surface area (Å²) in [7, 11) is 0. The highest BCUT2D eigenvalue weighted by Gasteiger charge is 1.95. The molecule has 0 saturated carbocycles. The van der Waals surface area contributed by atoms with Crippen LogP contribution in [0.25, 0.3) is 0 Å². The molecule has 0 amide bonds. The third-order valence-corrected chi connectivity index (χ3v) is 0.823. The number of aliphatic imine (C=N–C) groups is 1.